The highest BCUT2D eigenvalue weighted by Crippen LogP contribution is 2.38. The van der Waals surface area contributed by atoms with Crippen LogP contribution < -0.4 is 10.1 Å². The first-order chi connectivity index (χ1) is 16.9. The summed E-state index contributed by atoms with van der Waals surface area (Å²) in [6, 6.07) is 23.3. The van der Waals surface area contributed by atoms with Crippen LogP contribution in [0.4, 0.5) is 0 Å². The lowest BCUT2D eigenvalue weighted by Crippen LogP contribution is -2.27. The number of carbonyl (C=O) groups is 1. The van der Waals surface area contributed by atoms with Gasteiger partial charge in [0.25, 0.3) is 5.91 Å². The summed E-state index contributed by atoms with van der Waals surface area (Å²) >= 11 is 0. The molecule has 1 aromatic heterocycles. The highest BCUT2D eigenvalue weighted by atomic mass is 16.5. The molecule has 4 rings (SSSR count). The van der Waals surface area contributed by atoms with Crippen LogP contribution in [0.5, 0.6) is 5.75 Å². The number of hydrogen-bond donors (Lipinski definition) is 1. The number of aryl methyl sites for hydroxylation is 1. The summed E-state index contributed by atoms with van der Waals surface area (Å²) < 4.78 is 11.7. The van der Waals surface area contributed by atoms with Crippen LogP contribution in [-0.4, -0.2) is 19.6 Å². The van der Waals surface area contributed by atoms with E-state index in [1.807, 2.05) is 93.6 Å². The number of benzene rings is 3. The molecule has 1 amide bonds. The van der Waals surface area contributed by atoms with Crippen molar-refractivity contribution in [3.05, 3.63) is 89.0 Å². The lowest BCUT2D eigenvalue weighted by molar-refractivity contribution is 0.0950. The van der Waals surface area contributed by atoms with E-state index in [0.29, 0.717) is 46.1 Å². The fraction of sp³-hybridized carbons (Fsp3) is 0.200. The van der Waals surface area contributed by atoms with Crippen LogP contribution in [0.25, 0.3) is 33.9 Å². The number of nitriles is 1. The van der Waals surface area contributed by atoms with Gasteiger partial charge in [0, 0.05) is 17.5 Å². The molecule has 4 aromatic rings. The summed E-state index contributed by atoms with van der Waals surface area (Å²) in [6.45, 7) is 6.69. The standard InChI is InChI=1S/C30H28N2O3/c1-19(2)18-32-30(33)27-25-6-5-7-26(34-4)29(25)35-28(27)23-14-12-22(13-15-23)24(17-31)16-21-10-8-20(3)9-11-21/h5-16,19H,18H2,1-4H3,(H,32,33)/b24-16+. The Kier molecular flexibility index (Phi) is 7.03. The van der Waals surface area contributed by atoms with E-state index in [0.717, 1.165) is 16.7 Å². The molecule has 0 atom stereocenters. The van der Waals surface area contributed by atoms with Crippen molar-refractivity contribution in [3.63, 3.8) is 0 Å². The van der Waals surface area contributed by atoms with Gasteiger partial charge in [0.05, 0.1) is 24.3 Å². The van der Waals surface area contributed by atoms with Gasteiger partial charge < -0.3 is 14.5 Å². The Labute approximate surface area is 205 Å². The van der Waals surface area contributed by atoms with Gasteiger partial charge in [-0.05, 0) is 36.1 Å². The minimum Gasteiger partial charge on any atom is -0.493 e. The Bertz CT molecular complexity index is 1420. The fourth-order valence-electron chi connectivity index (χ4n) is 3.88. The van der Waals surface area contributed by atoms with Gasteiger partial charge in [-0.25, -0.2) is 0 Å². The zero-order valence-corrected chi connectivity index (χ0v) is 20.4. The minimum absolute atomic E-state index is 0.193. The molecule has 5 heteroatoms. The predicted octanol–water partition coefficient (Wildman–Crippen LogP) is 6.87. The summed E-state index contributed by atoms with van der Waals surface area (Å²) in [5.74, 6) is 1.16. The molecule has 0 fully saturated rings. The first-order valence-electron chi connectivity index (χ1n) is 11.6. The Hall–Kier alpha value is -4.30. The zero-order chi connectivity index (χ0) is 24.9. The molecule has 0 aliphatic rings. The molecule has 0 saturated heterocycles. The van der Waals surface area contributed by atoms with Crippen molar-refractivity contribution in [2.75, 3.05) is 13.7 Å². The number of nitrogens with zero attached hydrogens (tertiary/aromatic N) is 1. The number of ether oxygens (including phenoxy) is 1. The van der Waals surface area contributed by atoms with Crippen molar-refractivity contribution in [1.29, 1.82) is 5.26 Å². The van der Waals surface area contributed by atoms with E-state index < -0.39 is 0 Å². The number of fused-ring (bicyclic) bond motifs is 1. The van der Waals surface area contributed by atoms with Crippen molar-refractivity contribution in [1.82, 2.24) is 5.32 Å². The number of methoxy groups -OCH3 is 1. The van der Waals surface area contributed by atoms with E-state index >= 15 is 0 Å². The van der Waals surface area contributed by atoms with Gasteiger partial charge in [0.15, 0.2) is 11.3 Å². The third-order valence-corrected chi connectivity index (χ3v) is 5.76. The highest BCUT2D eigenvalue weighted by molar-refractivity contribution is 6.12. The second-order valence-electron chi connectivity index (χ2n) is 8.90. The van der Waals surface area contributed by atoms with Crippen LogP contribution in [0.15, 0.2) is 71.1 Å². The number of hydrogen-bond acceptors (Lipinski definition) is 4. The van der Waals surface area contributed by atoms with Crippen LogP contribution in [-0.2, 0) is 0 Å². The molecule has 3 aromatic carbocycles. The van der Waals surface area contributed by atoms with Gasteiger partial charge in [-0.3, -0.25) is 4.79 Å². The number of furan rings is 1. The second-order valence-corrected chi connectivity index (χ2v) is 8.90. The lowest BCUT2D eigenvalue weighted by atomic mass is 9.99. The Morgan fingerprint density at radius 3 is 2.43 bits per heavy atom. The Morgan fingerprint density at radius 1 is 1.09 bits per heavy atom. The normalized spacial score (nSPS) is 11.5. The Balaban J connectivity index is 1.76. The van der Waals surface area contributed by atoms with Crippen LogP contribution >= 0.6 is 0 Å². The predicted molar refractivity (Wildman–Crippen MR) is 140 cm³/mol. The van der Waals surface area contributed by atoms with Crippen molar-refractivity contribution < 1.29 is 13.9 Å². The van der Waals surface area contributed by atoms with E-state index in [1.54, 1.807) is 7.11 Å². The second kappa shape index (κ2) is 10.3. The third kappa shape index (κ3) is 5.12. The summed E-state index contributed by atoms with van der Waals surface area (Å²) in [5.41, 5.74) is 5.22. The van der Waals surface area contributed by atoms with Crippen molar-refractivity contribution in [3.8, 4) is 23.1 Å². The number of nitrogens with one attached hydrogen (secondary N) is 1. The topological polar surface area (TPSA) is 75.3 Å². The van der Waals surface area contributed by atoms with Gasteiger partial charge in [-0.2, -0.15) is 5.26 Å². The van der Waals surface area contributed by atoms with Gasteiger partial charge in [0.2, 0.25) is 0 Å². The fourth-order valence-corrected chi connectivity index (χ4v) is 3.88. The van der Waals surface area contributed by atoms with Crippen LogP contribution in [0.1, 0.15) is 40.9 Å². The van der Waals surface area contributed by atoms with Gasteiger partial charge >= 0.3 is 0 Å². The first-order valence-corrected chi connectivity index (χ1v) is 11.6. The quantitative estimate of drug-likeness (QED) is 0.239. The summed E-state index contributed by atoms with van der Waals surface area (Å²) in [7, 11) is 1.58. The lowest BCUT2D eigenvalue weighted by Gasteiger charge is -2.09. The van der Waals surface area contributed by atoms with E-state index in [4.69, 9.17) is 9.15 Å². The number of amides is 1. The van der Waals surface area contributed by atoms with E-state index in [-0.39, 0.29) is 5.91 Å². The molecule has 0 saturated carbocycles. The largest absolute Gasteiger partial charge is 0.493 e. The highest BCUT2D eigenvalue weighted by Gasteiger charge is 2.24. The molecule has 0 spiro atoms. The molecular weight excluding hydrogens is 436 g/mol. The molecule has 0 aliphatic carbocycles. The van der Waals surface area contributed by atoms with Crippen LogP contribution in [0.2, 0.25) is 0 Å². The number of para-hydroxylation sites is 1. The van der Waals surface area contributed by atoms with Crippen molar-refractivity contribution >= 4 is 28.5 Å². The number of allylic oxidation sites excluding steroid dienone is 1. The molecule has 35 heavy (non-hydrogen) atoms. The number of rotatable bonds is 7. The summed E-state index contributed by atoms with van der Waals surface area (Å²) in [6.07, 6.45) is 1.87. The van der Waals surface area contributed by atoms with Gasteiger partial charge in [-0.15, -0.1) is 0 Å². The molecule has 0 unspecified atom stereocenters. The average molecular weight is 465 g/mol. The zero-order valence-electron chi connectivity index (χ0n) is 20.4. The maximum atomic E-state index is 13.2. The Morgan fingerprint density at radius 2 is 1.80 bits per heavy atom. The van der Waals surface area contributed by atoms with E-state index in [2.05, 4.69) is 11.4 Å². The monoisotopic (exact) mass is 464 g/mol. The molecular formula is C30H28N2O3. The average Bonchev–Trinajstić information content (AvgIpc) is 3.27. The van der Waals surface area contributed by atoms with Gasteiger partial charge in [0.1, 0.15) is 5.76 Å². The van der Waals surface area contributed by atoms with Crippen molar-refractivity contribution in [2.24, 2.45) is 5.92 Å². The summed E-state index contributed by atoms with van der Waals surface area (Å²) in [4.78, 5) is 13.2. The maximum Gasteiger partial charge on any atom is 0.255 e. The smallest absolute Gasteiger partial charge is 0.255 e. The molecule has 1 heterocycles. The SMILES string of the molecule is COc1cccc2c(C(=O)NCC(C)C)c(-c3ccc(/C(C#N)=C/c4ccc(C)cc4)cc3)oc12. The molecule has 0 radical (unpaired) electrons. The maximum absolute atomic E-state index is 13.2. The third-order valence-electron chi connectivity index (χ3n) is 5.76. The molecule has 176 valence electrons. The van der Waals surface area contributed by atoms with E-state index in [9.17, 15) is 10.1 Å². The van der Waals surface area contributed by atoms with Gasteiger partial charge in [-0.1, -0.05) is 80.1 Å². The van der Waals surface area contributed by atoms with Crippen LogP contribution in [0, 0.1) is 24.2 Å². The van der Waals surface area contributed by atoms with E-state index in [1.165, 1.54) is 5.56 Å². The van der Waals surface area contributed by atoms with Crippen LogP contribution in [0.3, 0.4) is 0 Å². The molecule has 0 bridgehead atoms. The first kappa shape index (κ1) is 23.8. The van der Waals surface area contributed by atoms with Crippen molar-refractivity contribution in [2.45, 2.75) is 20.8 Å². The number of carbonyl (C=O) groups excluding carboxylic acids is 1. The minimum atomic E-state index is -0.193. The molecule has 1 N–H and O–H groups in total. The summed E-state index contributed by atoms with van der Waals surface area (Å²) in [5, 5.41) is 13.5. The molecule has 0 aliphatic heterocycles. The molecule has 5 nitrogen and oxygen atoms in total.